The maximum absolute atomic E-state index is 13.7. The van der Waals surface area contributed by atoms with Crippen molar-refractivity contribution in [1.82, 2.24) is 30.4 Å². The van der Waals surface area contributed by atoms with E-state index in [-0.39, 0.29) is 34.4 Å². The van der Waals surface area contributed by atoms with Gasteiger partial charge in [0.25, 0.3) is 5.91 Å². The summed E-state index contributed by atoms with van der Waals surface area (Å²) in [5.41, 5.74) is 2.11. The number of rotatable bonds is 7. The van der Waals surface area contributed by atoms with Crippen LogP contribution in [-0.4, -0.2) is 76.6 Å². The van der Waals surface area contributed by atoms with Crippen molar-refractivity contribution in [3.63, 3.8) is 0 Å². The highest BCUT2D eigenvalue weighted by Crippen LogP contribution is 2.31. The molecule has 3 aromatic rings. The maximum atomic E-state index is 13.7. The average molecular weight is 535 g/mol. The minimum Gasteiger partial charge on any atom is -0.348 e. The zero-order chi connectivity index (χ0) is 26.0. The molecule has 1 aromatic heterocycles. The molecule has 1 N–H and O–H groups in total. The molecule has 0 spiro atoms. The Morgan fingerprint density at radius 2 is 1.86 bits per heavy atom. The standard InChI is InChI=1S/C24H28ClFN6O3S/c1-15(2)23-28-29-30-32(23)20-11-17(21-5-4-19(26)13-22(21)25)10-18(12-20)24(33)27-16(3)14-31-6-8-36(34,35)9-7-31/h4-5,10-13,15-16H,6-9,14H2,1-3H3,(H,27,33)/t16-/m1/s1. The molecule has 1 amide bonds. The minimum absolute atomic E-state index is 0.0312. The highest BCUT2D eigenvalue weighted by atomic mass is 35.5. The second kappa shape index (κ2) is 10.6. The van der Waals surface area contributed by atoms with Gasteiger partial charge in [0.05, 0.1) is 22.2 Å². The molecule has 2 aromatic carbocycles. The number of aromatic nitrogens is 4. The van der Waals surface area contributed by atoms with Crippen LogP contribution < -0.4 is 5.32 Å². The number of hydrogen-bond donors (Lipinski definition) is 1. The smallest absolute Gasteiger partial charge is 0.251 e. The van der Waals surface area contributed by atoms with E-state index in [2.05, 4.69) is 20.8 Å². The summed E-state index contributed by atoms with van der Waals surface area (Å²) in [5, 5.41) is 15.2. The van der Waals surface area contributed by atoms with Crippen LogP contribution in [0.15, 0.2) is 36.4 Å². The summed E-state index contributed by atoms with van der Waals surface area (Å²) >= 11 is 6.33. The number of sulfone groups is 1. The van der Waals surface area contributed by atoms with Crippen LogP contribution in [0.3, 0.4) is 0 Å². The predicted molar refractivity (Wildman–Crippen MR) is 136 cm³/mol. The molecule has 0 aliphatic carbocycles. The number of nitrogens with zero attached hydrogens (tertiary/aromatic N) is 5. The largest absolute Gasteiger partial charge is 0.348 e. The van der Waals surface area contributed by atoms with Gasteiger partial charge in [0, 0.05) is 42.7 Å². The predicted octanol–water partition coefficient (Wildman–Crippen LogP) is 3.09. The summed E-state index contributed by atoms with van der Waals surface area (Å²) in [7, 11) is -2.97. The molecule has 0 bridgehead atoms. The Balaban J connectivity index is 1.63. The summed E-state index contributed by atoms with van der Waals surface area (Å²) in [5.74, 6) is 0.136. The SMILES string of the molecule is CC(C)c1nnnn1-c1cc(C(=O)N[C@H](C)CN2CCS(=O)(=O)CC2)cc(-c2ccc(F)cc2Cl)c1. The molecular formula is C24H28ClFN6O3S. The van der Waals surface area contributed by atoms with Crippen molar-refractivity contribution in [3.8, 4) is 16.8 Å². The van der Waals surface area contributed by atoms with Gasteiger partial charge in [0.1, 0.15) is 5.82 Å². The van der Waals surface area contributed by atoms with E-state index < -0.39 is 15.7 Å². The fraction of sp³-hybridized carbons (Fsp3) is 0.417. The van der Waals surface area contributed by atoms with Crippen molar-refractivity contribution in [2.45, 2.75) is 32.7 Å². The van der Waals surface area contributed by atoms with E-state index in [1.807, 2.05) is 25.7 Å². The Morgan fingerprint density at radius 3 is 2.53 bits per heavy atom. The average Bonchev–Trinajstić information content (AvgIpc) is 3.31. The first-order valence-corrected chi connectivity index (χ1v) is 13.8. The van der Waals surface area contributed by atoms with E-state index >= 15 is 0 Å². The summed E-state index contributed by atoms with van der Waals surface area (Å²) < 4.78 is 38.6. The first-order chi connectivity index (χ1) is 17.0. The number of tetrazole rings is 1. The molecule has 0 radical (unpaired) electrons. The van der Waals surface area contributed by atoms with Crippen molar-refractivity contribution in [2.24, 2.45) is 0 Å². The van der Waals surface area contributed by atoms with Gasteiger partial charge in [-0.15, -0.1) is 5.10 Å². The van der Waals surface area contributed by atoms with Gasteiger partial charge in [-0.05, 0) is 59.3 Å². The molecule has 1 fully saturated rings. The number of amides is 1. The Morgan fingerprint density at radius 1 is 1.14 bits per heavy atom. The van der Waals surface area contributed by atoms with Gasteiger partial charge in [-0.3, -0.25) is 9.69 Å². The van der Waals surface area contributed by atoms with Crippen LogP contribution in [0, 0.1) is 5.82 Å². The molecule has 0 unspecified atom stereocenters. The fourth-order valence-corrected chi connectivity index (χ4v) is 5.71. The number of benzene rings is 2. The Bertz CT molecular complexity index is 1360. The van der Waals surface area contributed by atoms with E-state index in [0.29, 0.717) is 47.8 Å². The molecule has 9 nitrogen and oxygen atoms in total. The lowest BCUT2D eigenvalue weighted by Gasteiger charge is -2.29. The second-order valence-corrected chi connectivity index (χ2v) is 12.0. The van der Waals surface area contributed by atoms with Gasteiger partial charge in [-0.25, -0.2) is 12.8 Å². The molecule has 1 atom stereocenters. The van der Waals surface area contributed by atoms with Gasteiger partial charge in [-0.1, -0.05) is 25.4 Å². The van der Waals surface area contributed by atoms with E-state index in [1.165, 1.54) is 12.1 Å². The number of nitrogens with one attached hydrogen (secondary N) is 1. The third-order valence-electron chi connectivity index (χ3n) is 6.02. The van der Waals surface area contributed by atoms with Crippen molar-refractivity contribution in [3.05, 3.63) is 58.6 Å². The zero-order valence-corrected chi connectivity index (χ0v) is 21.9. The zero-order valence-electron chi connectivity index (χ0n) is 20.3. The molecule has 1 aliphatic heterocycles. The summed E-state index contributed by atoms with van der Waals surface area (Å²) in [6.45, 7) is 7.22. The van der Waals surface area contributed by atoms with Crippen LogP contribution in [0.25, 0.3) is 16.8 Å². The number of carbonyl (C=O) groups excluding carboxylic acids is 1. The van der Waals surface area contributed by atoms with Crippen LogP contribution in [-0.2, 0) is 9.84 Å². The molecule has 36 heavy (non-hydrogen) atoms. The van der Waals surface area contributed by atoms with E-state index in [0.717, 1.165) is 0 Å². The third kappa shape index (κ3) is 6.08. The molecule has 192 valence electrons. The normalized spacial score (nSPS) is 16.7. The Kier molecular flexibility index (Phi) is 7.72. The van der Waals surface area contributed by atoms with Gasteiger partial charge >= 0.3 is 0 Å². The highest BCUT2D eigenvalue weighted by molar-refractivity contribution is 7.91. The van der Waals surface area contributed by atoms with Crippen LogP contribution in [0.4, 0.5) is 4.39 Å². The lowest BCUT2D eigenvalue weighted by molar-refractivity contribution is 0.0930. The van der Waals surface area contributed by atoms with Crippen molar-refractivity contribution in [1.29, 1.82) is 0 Å². The maximum Gasteiger partial charge on any atom is 0.251 e. The second-order valence-electron chi connectivity index (χ2n) is 9.32. The topological polar surface area (TPSA) is 110 Å². The molecule has 1 saturated heterocycles. The lowest BCUT2D eigenvalue weighted by Crippen LogP contribution is -2.47. The molecule has 12 heteroatoms. The number of hydrogen-bond acceptors (Lipinski definition) is 7. The van der Waals surface area contributed by atoms with Gasteiger partial charge in [-0.2, -0.15) is 4.68 Å². The quantitative estimate of drug-likeness (QED) is 0.496. The molecular weight excluding hydrogens is 507 g/mol. The van der Waals surface area contributed by atoms with Gasteiger partial charge < -0.3 is 5.32 Å². The van der Waals surface area contributed by atoms with E-state index in [4.69, 9.17) is 11.6 Å². The van der Waals surface area contributed by atoms with E-state index in [9.17, 15) is 17.6 Å². The fourth-order valence-electron chi connectivity index (χ4n) is 4.15. The summed E-state index contributed by atoms with van der Waals surface area (Å²) in [6.07, 6.45) is 0. The van der Waals surface area contributed by atoms with Crippen LogP contribution >= 0.6 is 11.6 Å². The molecule has 4 rings (SSSR count). The van der Waals surface area contributed by atoms with Crippen molar-refractivity contribution >= 4 is 27.3 Å². The monoisotopic (exact) mass is 534 g/mol. The van der Waals surface area contributed by atoms with E-state index in [1.54, 1.807) is 28.9 Å². The lowest BCUT2D eigenvalue weighted by atomic mass is 10.0. The third-order valence-corrected chi connectivity index (χ3v) is 7.95. The van der Waals surface area contributed by atoms with Crippen LogP contribution in [0.5, 0.6) is 0 Å². The minimum atomic E-state index is -2.97. The first kappa shape index (κ1) is 26.2. The number of carbonyl (C=O) groups is 1. The Hall–Kier alpha value is -2.89. The highest BCUT2D eigenvalue weighted by Gasteiger charge is 2.24. The van der Waals surface area contributed by atoms with Crippen LogP contribution in [0.1, 0.15) is 42.9 Å². The summed E-state index contributed by atoms with van der Waals surface area (Å²) in [6, 6.07) is 9.06. The van der Waals surface area contributed by atoms with Gasteiger partial charge in [0.15, 0.2) is 15.7 Å². The van der Waals surface area contributed by atoms with Crippen molar-refractivity contribution < 1.29 is 17.6 Å². The Labute approximate surface area is 214 Å². The molecule has 0 saturated carbocycles. The summed E-state index contributed by atoms with van der Waals surface area (Å²) in [4.78, 5) is 15.3. The van der Waals surface area contributed by atoms with Crippen molar-refractivity contribution in [2.75, 3.05) is 31.1 Å². The first-order valence-electron chi connectivity index (χ1n) is 11.7. The van der Waals surface area contributed by atoms with Gasteiger partial charge in [0.2, 0.25) is 0 Å². The number of halogens is 2. The molecule has 2 heterocycles. The van der Waals surface area contributed by atoms with Crippen LogP contribution in [0.2, 0.25) is 5.02 Å². The molecule has 1 aliphatic rings.